The van der Waals surface area contributed by atoms with Crippen molar-refractivity contribution in [3.05, 3.63) is 106 Å². The van der Waals surface area contributed by atoms with Crippen molar-refractivity contribution in [1.29, 1.82) is 0 Å². The molecule has 2 aromatic heterocycles. The van der Waals surface area contributed by atoms with E-state index in [2.05, 4.69) is 44.5 Å². The van der Waals surface area contributed by atoms with E-state index in [9.17, 15) is 4.79 Å². The minimum absolute atomic E-state index is 0.104. The van der Waals surface area contributed by atoms with Crippen LogP contribution in [0.5, 0.6) is 17.4 Å². The summed E-state index contributed by atoms with van der Waals surface area (Å²) in [6, 6.07) is 20.0. The van der Waals surface area contributed by atoms with Gasteiger partial charge in [0.25, 0.3) is 0 Å². The van der Waals surface area contributed by atoms with Crippen LogP contribution >= 0.6 is 0 Å². The molecule has 0 saturated carbocycles. The largest absolute Gasteiger partial charge is 0.478 e. The summed E-state index contributed by atoms with van der Waals surface area (Å²) >= 11 is 0. The summed E-state index contributed by atoms with van der Waals surface area (Å²) in [5.74, 6) is 2.38. The zero-order chi connectivity index (χ0) is 25.9. The molecule has 0 radical (unpaired) electrons. The van der Waals surface area contributed by atoms with Gasteiger partial charge in [0.1, 0.15) is 17.6 Å². The summed E-state index contributed by atoms with van der Waals surface area (Å²) in [5, 5.41) is 3.49. The van der Waals surface area contributed by atoms with Crippen molar-refractivity contribution in [3.8, 4) is 17.4 Å². The molecule has 4 heterocycles. The van der Waals surface area contributed by atoms with Crippen molar-refractivity contribution in [3.63, 3.8) is 0 Å². The Morgan fingerprint density at radius 3 is 2.92 bits per heavy atom. The number of anilines is 2. The van der Waals surface area contributed by atoms with Gasteiger partial charge in [-0.05, 0) is 42.3 Å². The Morgan fingerprint density at radius 1 is 1.13 bits per heavy atom. The van der Waals surface area contributed by atoms with Gasteiger partial charge in [0.2, 0.25) is 11.4 Å². The van der Waals surface area contributed by atoms with E-state index < -0.39 is 0 Å². The highest BCUT2D eigenvalue weighted by Crippen LogP contribution is 2.43. The Bertz CT molecular complexity index is 1480. The van der Waals surface area contributed by atoms with E-state index in [1.165, 1.54) is 0 Å². The first kappa shape index (κ1) is 24.1. The maximum atomic E-state index is 11.8. The first-order chi connectivity index (χ1) is 18.7. The van der Waals surface area contributed by atoms with Crippen LogP contribution in [-0.2, 0) is 17.7 Å². The highest BCUT2D eigenvalue weighted by atomic mass is 16.5. The van der Waals surface area contributed by atoms with Crippen molar-refractivity contribution in [2.75, 3.05) is 36.5 Å². The highest BCUT2D eigenvalue weighted by Gasteiger charge is 2.28. The van der Waals surface area contributed by atoms with Gasteiger partial charge in [-0.3, -0.25) is 4.79 Å². The molecule has 8 heteroatoms. The van der Waals surface area contributed by atoms with Gasteiger partial charge < -0.3 is 29.4 Å². The predicted molar refractivity (Wildman–Crippen MR) is 146 cm³/mol. The van der Waals surface area contributed by atoms with Crippen LogP contribution in [0, 0.1) is 0 Å². The number of ether oxygens (including phenoxy) is 3. The monoisotopic (exact) mass is 510 g/mol. The molecule has 2 aromatic carbocycles. The number of aromatic amines is 1. The number of hydrogen-bond donors (Lipinski definition) is 2. The molecular formula is C30H30N4O4. The van der Waals surface area contributed by atoms with Crippen molar-refractivity contribution < 1.29 is 14.2 Å². The molecule has 0 bridgehead atoms. The van der Waals surface area contributed by atoms with Gasteiger partial charge in [0.15, 0.2) is 0 Å². The fourth-order valence-electron chi connectivity index (χ4n) is 5.02. The molecule has 2 aliphatic rings. The number of fused-ring (bicyclic) bond motifs is 2. The topological polar surface area (TPSA) is 88.7 Å². The number of rotatable bonds is 7. The summed E-state index contributed by atoms with van der Waals surface area (Å²) < 4.78 is 18.1. The normalized spacial score (nSPS) is 16.2. The third-order valence-electron chi connectivity index (χ3n) is 6.90. The van der Waals surface area contributed by atoms with Crippen LogP contribution in [0.25, 0.3) is 0 Å². The number of pyridine rings is 2. The third kappa shape index (κ3) is 5.08. The molecule has 4 aromatic rings. The Morgan fingerprint density at radius 2 is 2.08 bits per heavy atom. The molecule has 1 saturated heterocycles. The number of nitrogens with zero attached hydrogens (tertiary/aromatic N) is 2. The van der Waals surface area contributed by atoms with Crippen molar-refractivity contribution >= 4 is 11.4 Å². The van der Waals surface area contributed by atoms with Crippen molar-refractivity contribution in [2.45, 2.75) is 26.0 Å². The SMILES string of the molecule is CCOc1ccc(CNc2ccc3c(c2)Cc2cccc(C4CN(c5cc[nH]c(=O)c5)CCO4)c2O3)cn1. The summed E-state index contributed by atoms with van der Waals surface area (Å²) in [7, 11) is 0. The molecule has 2 N–H and O–H groups in total. The van der Waals surface area contributed by atoms with Crippen LogP contribution < -0.4 is 25.2 Å². The lowest BCUT2D eigenvalue weighted by atomic mass is 9.95. The number of para-hydroxylation sites is 1. The zero-order valence-electron chi connectivity index (χ0n) is 21.3. The van der Waals surface area contributed by atoms with Gasteiger partial charge in [0.05, 0.1) is 13.2 Å². The minimum atomic E-state index is -0.150. The van der Waals surface area contributed by atoms with Crippen LogP contribution in [0.3, 0.4) is 0 Å². The van der Waals surface area contributed by atoms with E-state index >= 15 is 0 Å². The number of aromatic nitrogens is 2. The van der Waals surface area contributed by atoms with Crippen molar-refractivity contribution in [2.24, 2.45) is 0 Å². The van der Waals surface area contributed by atoms with E-state index in [-0.39, 0.29) is 11.7 Å². The highest BCUT2D eigenvalue weighted by molar-refractivity contribution is 5.59. The Kier molecular flexibility index (Phi) is 6.71. The summed E-state index contributed by atoms with van der Waals surface area (Å²) in [6.07, 6.45) is 4.15. The molecule has 0 aliphatic carbocycles. The second kappa shape index (κ2) is 10.6. The van der Waals surface area contributed by atoms with Gasteiger partial charge in [-0.2, -0.15) is 0 Å². The molecule has 0 spiro atoms. The molecule has 1 atom stereocenters. The van der Waals surface area contributed by atoms with Gasteiger partial charge in [-0.15, -0.1) is 0 Å². The smallest absolute Gasteiger partial charge is 0.249 e. The lowest BCUT2D eigenvalue weighted by molar-refractivity contribution is 0.0384. The standard InChI is InChI=1S/C30H30N4O4/c1-2-36-29-9-6-20(18-33-29)17-32-23-7-8-26-22(15-23)14-21-4-3-5-25(30(21)38-26)27-19-34(12-13-37-27)24-10-11-31-28(35)16-24/h3-11,15-16,18,27,32H,2,12-14,17,19H2,1H3,(H,31,35). The number of benzene rings is 2. The number of H-pyrrole nitrogens is 1. The van der Waals surface area contributed by atoms with Crippen LogP contribution in [0.1, 0.15) is 35.3 Å². The van der Waals surface area contributed by atoms with E-state index in [4.69, 9.17) is 14.2 Å². The average Bonchev–Trinajstić information content (AvgIpc) is 2.95. The summed E-state index contributed by atoms with van der Waals surface area (Å²) in [6.45, 7) is 5.19. The van der Waals surface area contributed by atoms with E-state index in [1.54, 1.807) is 12.3 Å². The lowest BCUT2D eigenvalue weighted by Gasteiger charge is -2.36. The maximum Gasteiger partial charge on any atom is 0.249 e. The number of hydrogen-bond acceptors (Lipinski definition) is 7. The molecule has 1 fully saturated rings. The summed E-state index contributed by atoms with van der Waals surface area (Å²) in [4.78, 5) is 21.0. The van der Waals surface area contributed by atoms with Crippen LogP contribution in [0.15, 0.2) is 77.9 Å². The Labute approximate surface area is 221 Å². The zero-order valence-corrected chi connectivity index (χ0v) is 21.3. The lowest BCUT2D eigenvalue weighted by Crippen LogP contribution is -2.39. The van der Waals surface area contributed by atoms with Crippen LogP contribution in [0.4, 0.5) is 11.4 Å². The first-order valence-corrected chi connectivity index (χ1v) is 13.0. The van der Waals surface area contributed by atoms with E-state index in [1.807, 2.05) is 43.5 Å². The molecule has 8 nitrogen and oxygen atoms in total. The van der Waals surface area contributed by atoms with Crippen LogP contribution in [-0.4, -0.2) is 36.3 Å². The average molecular weight is 511 g/mol. The van der Waals surface area contributed by atoms with E-state index in [0.717, 1.165) is 58.1 Å². The molecule has 1 unspecified atom stereocenters. The van der Waals surface area contributed by atoms with Gasteiger partial charge in [-0.1, -0.05) is 24.3 Å². The molecule has 2 aliphatic heterocycles. The third-order valence-corrected chi connectivity index (χ3v) is 6.90. The van der Waals surface area contributed by atoms with Crippen LogP contribution in [0.2, 0.25) is 0 Å². The predicted octanol–water partition coefficient (Wildman–Crippen LogP) is 5.06. The molecule has 194 valence electrons. The fraction of sp³-hybridized carbons (Fsp3) is 0.267. The molecule has 6 rings (SSSR count). The number of nitrogens with one attached hydrogen (secondary N) is 2. The van der Waals surface area contributed by atoms with Gasteiger partial charge in [-0.25, -0.2) is 4.98 Å². The van der Waals surface area contributed by atoms with Gasteiger partial charge in [0, 0.05) is 73.1 Å². The summed E-state index contributed by atoms with van der Waals surface area (Å²) in [5.41, 5.74) is 6.22. The maximum absolute atomic E-state index is 11.8. The quantitative estimate of drug-likeness (QED) is 0.317. The molecule has 38 heavy (non-hydrogen) atoms. The first-order valence-electron chi connectivity index (χ1n) is 13.0. The molecule has 0 amide bonds. The minimum Gasteiger partial charge on any atom is -0.478 e. The Balaban J connectivity index is 1.16. The van der Waals surface area contributed by atoms with Gasteiger partial charge >= 0.3 is 0 Å². The van der Waals surface area contributed by atoms with E-state index in [0.29, 0.717) is 32.2 Å². The second-order valence-corrected chi connectivity index (χ2v) is 9.44. The fourth-order valence-corrected chi connectivity index (χ4v) is 5.02. The second-order valence-electron chi connectivity index (χ2n) is 9.44. The number of morpholine rings is 1. The Hall–Kier alpha value is -4.30. The van der Waals surface area contributed by atoms with Crippen molar-refractivity contribution in [1.82, 2.24) is 9.97 Å². The molecular weight excluding hydrogens is 480 g/mol.